The summed E-state index contributed by atoms with van der Waals surface area (Å²) in [5.74, 6) is 0.605. The van der Waals surface area contributed by atoms with Crippen LogP contribution >= 0.6 is 0 Å². The second-order valence-electron chi connectivity index (χ2n) is 6.53. The highest BCUT2D eigenvalue weighted by molar-refractivity contribution is 7.89. The van der Waals surface area contributed by atoms with Crippen molar-refractivity contribution < 1.29 is 22.9 Å². The number of carbonyl (C=O) groups excluding carboxylic acids is 1. The average molecular weight is 419 g/mol. The molecule has 0 saturated carbocycles. The van der Waals surface area contributed by atoms with Gasteiger partial charge in [-0.2, -0.15) is 4.31 Å². The lowest BCUT2D eigenvalue weighted by Gasteiger charge is -2.34. The molecule has 0 bridgehead atoms. The smallest absolute Gasteiger partial charge is 0.289 e. The van der Waals surface area contributed by atoms with E-state index >= 15 is 0 Å². The summed E-state index contributed by atoms with van der Waals surface area (Å²) in [4.78, 5) is 24.3. The SMILES string of the molecule is COc1ccc(CC(=O)N2CCN(S(=O)(=O)c3ccccc3[N+](=O)[O-])CC2)cc1. The number of ether oxygens (including phenoxy) is 1. The molecule has 154 valence electrons. The van der Waals surface area contributed by atoms with Crippen LogP contribution in [0.1, 0.15) is 5.56 Å². The van der Waals surface area contributed by atoms with Crippen LogP contribution in [0.25, 0.3) is 0 Å². The molecule has 0 atom stereocenters. The fraction of sp³-hybridized carbons (Fsp3) is 0.316. The highest BCUT2D eigenvalue weighted by atomic mass is 32.2. The van der Waals surface area contributed by atoms with E-state index in [2.05, 4.69) is 0 Å². The summed E-state index contributed by atoms with van der Waals surface area (Å²) < 4.78 is 32.0. The van der Waals surface area contributed by atoms with E-state index in [0.717, 1.165) is 5.56 Å². The first-order chi connectivity index (χ1) is 13.8. The Morgan fingerprint density at radius 1 is 1.07 bits per heavy atom. The molecule has 9 nitrogen and oxygen atoms in total. The first-order valence-corrected chi connectivity index (χ1v) is 10.4. The number of benzene rings is 2. The van der Waals surface area contributed by atoms with Crippen LogP contribution in [-0.4, -0.2) is 61.7 Å². The number of sulfonamides is 1. The summed E-state index contributed by atoms with van der Waals surface area (Å²) in [6.45, 7) is 0.634. The normalized spacial score (nSPS) is 15.1. The monoisotopic (exact) mass is 419 g/mol. The van der Waals surface area contributed by atoms with Crippen LogP contribution < -0.4 is 4.74 Å². The van der Waals surface area contributed by atoms with Crippen molar-refractivity contribution in [3.8, 4) is 5.75 Å². The van der Waals surface area contributed by atoms with Gasteiger partial charge in [-0.15, -0.1) is 0 Å². The van der Waals surface area contributed by atoms with Crippen LogP contribution in [0, 0.1) is 10.1 Å². The number of amides is 1. The summed E-state index contributed by atoms with van der Waals surface area (Å²) in [5.41, 5.74) is 0.385. The lowest BCUT2D eigenvalue weighted by atomic mass is 10.1. The van der Waals surface area contributed by atoms with E-state index in [4.69, 9.17) is 4.74 Å². The van der Waals surface area contributed by atoms with Gasteiger partial charge in [0, 0.05) is 32.2 Å². The molecule has 1 aliphatic rings. The van der Waals surface area contributed by atoms with Gasteiger partial charge in [-0.1, -0.05) is 24.3 Å². The van der Waals surface area contributed by atoms with Gasteiger partial charge in [-0.3, -0.25) is 14.9 Å². The predicted molar refractivity (Wildman–Crippen MR) is 105 cm³/mol. The van der Waals surface area contributed by atoms with E-state index in [-0.39, 0.29) is 43.4 Å². The molecular formula is C19H21N3O6S. The first kappa shape index (κ1) is 20.7. The molecule has 2 aromatic carbocycles. The third-order valence-corrected chi connectivity index (χ3v) is 6.73. The molecule has 10 heteroatoms. The molecule has 1 heterocycles. The topological polar surface area (TPSA) is 110 Å². The van der Waals surface area contributed by atoms with E-state index in [9.17, 15) is 23.3 Å². The molecule has 2 aromatic rings. The Kier molecular flexibility index (Phi) is 6.14. The zero-order valence-electron chi connectivity index (χ0n) is 15.9. The van der Waals surface area contributed by atoms with Crippen LogP contribution in [0.2, 0.25) is 0 Å². The van der Waals surface area contributed by atoms with Crippen LogP contribution in [-0.2, 0) is 21.2 Å². The minimum atomic E-state index is -4.01. The predicted octanol–water partition coefficient (Wildman–Crippen LogP) is 1.68. The fourth-order valence-corrected chi connectivity index (χ4v) is 4.75. The van der Waals surface area contributed by atoms with Crippen molar-refractivity contribution >= 4 is 21.6 Å². The molecule has 1 saturated heterocycles. The molecule has 0 spiro atoms. The van der Waals surface area contributed by atoms with Gasteiger partial charge in [0.1, 0.15) is 5.75 Å². The second kappa shape index (κ2) is 8.58. The number of nitro benzene ring substituents is 1. The van der Waals surface area contributed by atoms with Crippen LogP contribution in [0.5, 0.6) is 5.75 Å². The van der Waals surface area contributed by atoms with Crippen molar-refractivity contribution in [1.29, 1.82) is 0 Å². The number of hydrogen-bond donors (Lipinski definition) is 0. The molecule has 0 aromatic heterocycles. The van der Waals surface area contributed by atoms with Gasteiger partial charge in [0.25, 0.3) is 5.69 Å². The number of para-hydroxylation sites is 1. The van der Waals surface area contributed by atoms with Crippen molar-refractivity contribution in [2.75, 3.05) is 33.3 Å². The number of nitrogens with zero attached hydrogens (tertiary/aromatic N) is 3. The molecule has 1 aliphatic heterocycles. The lowest BCUT2D eigenvalue weighted by Crippen LogP contribution is -2.50. The maximum absolute atomic E-state index is 12.8. The standard InChI is InChI=1S/C19H21N3O6S/c1-28-16-8-6-15(7-9-16)14-19(23)20-10-12-21(13-11-20)29(26,27)18-5-3-2-4-17(18)22(24)25/h2-9H,10-14H2,1H3. The summed E-state index contributed by atoms with van der Waals surface area (Å²) in [5, 5.41) is 11.2. The average Bonchev–Trinajstić information content (AvgIpc) is 2.74. The quantitative estimate of drug-likeness (QED) is 0.520. The second-order valence-corrected chi connectivity index (χ2v) is 8.44. The molecule has 0 aliphatic carbocycles. The zero-order chi connectivity index (χ0) is 21.0. The largest absolute Gasteiger partial charge is 0.497 e. The van der Waals surface area contributed by atoms with Crippen LogP contribution in [0.3, 0.4) is 0 Å². The molecular weight excluding hydrogens is 398 g/mol. The molecule has 0 unspecified atom stereocenters. The zero-order valence-corrected chi connectivity index (χ0v) is 16.7. The van der Waals surface area contributed by atoms with E-state index in [1.807, 2.05) is 12.1 Å². The van der Waals surface area contributed by atoms with Crippen molar-refractivity contribution in [1.82, 2.24) is 9.21 Å². The first-order valence-electron chi connectivity index (χ1n) is 8.97. The Hall–Kier alpha value is -2.98. The maximum Gasteiger partial charge on any atom is 0.289 e. The Morgan fingerprint density at radius 3 is 2.28 bits per heavy atom. The highest BCUT2D eigenvalue weighted by Crippen LogP contribution is 2.27. The molecule has 0 N–H and O–H groups in total. The van der Waals surface area contributed by atoms with Gasteiger partial charge >= 0.3 is 0 Å². The molecule has 1 amide bonds. The highest BCUT2D eigenvalue weighted by Gasteiger charge is 2.34. The summed E-state index contributed by atoms with van der Waals surface area (Å²) in [6.07, 6.45) is 0.209. The van der Waals surface area contributed by atoms with Gasteiger partial charge in [-0.05, 0) is 23.8 Å². The van der Waals surface area contributed by atoms with E-state index in [0.29, 0.717) is 5.75 Å². The van der Waals surface area contributed by atoms with Crippen molar-refractivity contribution in [2.45, 2.75) is 11.3 Å². The van der Waals surface area contributed by atoms with Gasteiger partial charge < -0.3 is 9.64 Å². The Morgan fingerprint density at radius 2 is 1.69 bits per heavy atom. The van der Waals surface area contributed by atoms with Gasteiger partial charge in [-0.25, -0.2) is 8.42 Å². The van der Waals surface area contributed by atoms with Crippen LogP contribution in [0.15, 0.2) is 53.4 Å². The van der Waals surface area contributed by atoms with E-state index in [1.54, 1.807) is 24.1 Å². The van der Waals surface area contributed by atoms with Gasteiger partial charge in [0.2, 0.25) is 15.9 Å². The van der Waals surface area contributed by atoms with Gasteiger partial charge in [0.15, 0.2) is 4.90 Å². The maximum atomic E-state index is 12.8. The van der Waals surface area contributed by atoms with Gasteiger partial charge in [0.05, 0.1) is 18.5 Å². The summed E-state index contributed by atoms with van der Waals surface area (Å²) in [7, 11) is -2.45. The third kappa shape index (κ3) is 4.54. The number of rotatable bonds is 6. The molecule has 3 rings (SSSR count). The van der Waals surface area contributed by atoms with Crippen molar-refractivity contribution in [2.24, 2.45) is 0 Å². The molecule has 0 radical (unpaired) electrons. The molecule has 1 fully saturated rings. The summed E-state index contributed by atoms with van der Waals surface area (Å²) >= 11 is 0. The Labute approximate surface area is 168 Å². The third-order valence-electron chi connectivity index (χ3n) is 4.79. The van der Waals surface area contributed by atoms with Crippen LogP contribution in [0.4, 0.5) is 5.69 Å². The van der Waals surface area contributed by atoms with E-state index in [1.165, 1.54) is 28.6 Å². The Bertz CT molecular complexity index is 999. The molecule has 29 heavy (non-hydrogen) atoms. The number of hydrogen-bond acceptors (Lipinski definition) is 6. The lowest BCUT2D eigenvalue weighted by molar-refractivity contribution is -0.387. The number of nitro groups is 1. The fourth-order valence-electron chi connectivity index (χ4n) is 3.17. The minimum absolute atomic E-state index is 0.0860. The van der Waals surface area contributed by atoms with Crippen molar-refractivity contribution in [3.63, 3.8) is 0 Å². The summed E-state index contributed by atoms with van der Waals surface area (Å²) in [6, 6.07) is 12.5. The van der Waals surface area contributed by atoms with E-state index < -0.39 is 20.6 Å². The van der Waals surface area contributed by atoms with Crippen molar-refractivity contribution in [3.05, 3.63) is 64.2 Å². The number of piperazine rings is 1. The number of methoxy groups -OCH3 is 1. The minimum Gasteiger partial charge on any atom is -0.497 e. The Balaban J connectivity index is 1.65. The number of carbonyl (C=O) groups is 1.